The average Bonchev–Trinajstić information content (AvgIpc) is 2.35. The van der Waals surface area contributed by atoms with Crippen LogP contribution >= 0.6 is 10.7 Å². The topological polar surface area (TPSA) is 63.2 Å². The van der Waals surface area contributed by atoms with E-state index in [2.05, 4.69) is 5.32 Å². The number of carbonyl (C=O) groups excluding carboxylic acids is 1. The Labute approximate surface area is 123 Å². The lowest BCUT2D eigenvalue weighted by Crippen LogP contribution is -2.32. The average molecular weight is 316 g/mol. The van der Waals surface area contributed by atoms with Crippen LogP contribution in [0.1, 0.15) is 42.1 Å². The largest absolute Gasteiger partial charge is 0.352 e. The van der Waals surface area contributed by atoms with E-state index in [9.17, 15) is 13.2 Å². The maximum absolute atomic E-state index is 12.0. The van der Waals surface area contributed by atoms with E-state index in [1.54, 1.807) is 12.1 Å². The van der Waals surface area contributed by atoms with Gasteiger partial charge in [0.05, 0.1) is 4.90 Å². The van der Waals surface area contributed by atoms with Crippen molar-refractivity contribution in [3.05, 3.63) is 29.3 Å². The van der Waals surface area contributed by atoms with Gasteiger partial charge in [-0.15, -0.1) is 0 Å². The normalized spacial score (nSPS) is 15.7. The molecular weight excluding hydrogens is 298 g/mol. The summed E-state index contributed by atoms with van der Waals surface area (Å²) in [6, 6.07) is 4.64. The molecule has 1 fully saturated rings. The number of nitrogens with one attached hydrogen (secondary N) is 1. The lowest BCUT2D eigenvalue weighted by atomic mass is 9.85. The monoisotopic (exact) mass is 315 g/mol. The molecule has 1 amide bonds. The highest BCUT2D eigenvalue weighted by Gasteiger charge is 2.20. The first-order valence-electron chi connectivity index (χ1n) is 6.77. The van der Waals surface area contributed by atoms with E-state index >= 15 is 0 Å². The van der Waals surface area contributed by atoms with Gasteiger partial charge in [0, 0.05) is 22.8 Å². The molecule has 2 rings (SSSR count). The molecule has 0 radical (unpaired) electrons. The lowest BCUT2D eigenvalue weighted by Gasteiger charge is -2.25. The summed E-state index contributed by atoms with van der Waals surface area (Å²) in [5.41, 5.74) is 0.955. The number of rotatable bonds is 5. The Morgan fingerprint density at radius 3 is 2.60 bits per heavy atom. The minimum atomic E-state index is -3.83. The van der Waals surface area contributed by atoms with Crippen LogP contribution < -0.4 is 5.32 Å². The summed E-state index contributed by atoms with van der Waals surface area (Å²) in [7, 11) is 1.58. The Morgan fingerprint density at radius 1 is 1.40 bits per heavy atom. The predicted octanol–water partition coefficient (Wildman–Crippen LogP) is 2.71. The zero-order chi connectivity index (χ0) is 14.8. The van der Waals surface area contributed by atoms with Gasteiger partial charge in [-0.25, -0.2) is 8.42 Å². The molecule has 1 N–H and O–H groups in total. The van der Waals surface area contributed by atoms with Gasteiger partial charge >= 0.3 is 0 Å². The molecule has 6 heteroatoms. The molecule has 1 aliphatic carbocycles. The molecule has 0 spiro atoms. The van der Waals surface area contributed by atoms with E-state index in [0.29, 0.717) is 30.0 Å². The second kappa shape index (κ2) is 6.14. The zero-order valence-electron chi connectivity index (χ0n) is 11.4. The van der Waals surface area contributed by atoms with Crippen LogP contribution in [0.3, 0.4) is 0 Å². The van der Waals surface area contributed by atoms with Crippen molar-refractivity contribution in [1.82, 2.24) is 5.32 Å². The van der Waals surface area contributed by atoms with Gasteiger partial charge in [0.25, 0.3) is 15.0 Å². The van der Waals surface area contributed by atoms with Crippen LogP contribution in [0.2, 0.25) is 0 Å². The first-order chi connectivity index (χ1) is 9.41. The standard InChI is InChI=1S/C14H18ClNO3S/c1-2-11-6-7-12(8-13(11)20(15,18)19)14(17)16-9-10-4-3-5-10/h6-8,10H,2-5,9H2,1H3,(H,16,17). The number of hydrogen-bond acceptors (Lipinski definition) is 3. The van der Waals surface area contributed by atoms with E-state index < -0.39 is 9.05 Å². The van der Waals surface area contributed by atoms with E-state index in [-0.39, 0.29) is 10.8 Å². The van der Waals surface area contributed by atoms with Gasteiger partial charge in [0.15, 0.2) is 0 Å². The van der Waals surface area contributed by atoms with E-state index in [4.69, 9.17) is 10.7 Å². The molecule has 1 aromatic carbocycles. The van der Waals surface area contributed by atoms with Crippen molar-refractivity contribution < 1.29 is 13.2 Å². The number of hydrogen-bond donors (Lipinski definition) is 1. The van der Waals surface area contributed by atoms with Crippen molar-refractivity contribution in [2.24, 2.45) is 5.92 Å². The Hall–Kier alpha value is -1.07. The van der Waals surface area contributed by atoms with E-state index in [0.717, 1.165) is 12.8 Å². The number of amides is 1. The van der Waals surface area contributed by atoms with Gasteiger partial charge in [-0.2, -0.15) is 0 Å². The van der Waals surface area contributed by atoms with Crippen LogP contribution in [-0.4, -0.2) is 20.9 Å². The van der Waals surface area contributed by atoms with Crippen LogP contribution in [-0.2, 0) is 15.5 Å². The second-order valence-corrected chi connectivity index (χ2v) is 7.66. The fourth-order valence-electron chi connectivity index (χ4n) is 2.25. The van der Waals surface area contributed by atoms with Gasteiger partial charge in [-0.1, -0.05) is 19.4 Å². The first-order valence-corrected chi connectivity index (χ1v) is 9.08. The summed E-state index contributed by atoms with van der Waals surface area (Å²) in [6.07, 6.45) is 4.07. The Bertz CT molecular complexity index is 609. The fraction of sp³-hybridized carbons (Fsp3) is 0.500. The third kappa shape index (κ3) is 3.52. The first kappa shape index (κ1) is 15.3. The smallest absolute Gasteiger partial charge is 0.261 e. The maximum atomic E-state index is 12.0. The quantitative estimate of drug-likeness (QED) is 0.850. The highest BCUT2D eigenvalue weighted by Crippen LogP contribution is 2.25. The lowest BCUT2D eigenvalue weighted by molar-refractivity contribution is 0.0939. The van der Waals surface area contributed by atoms with Crippen LogP contribution in [0.15, 0.2) is 23.1 Å². The molecule has 0 aromatic heterocycles. The molecule has 4 nitrogen and oxygen atoms in total. The van der Waals surface area contributed by atoms with Crippen LogP contribution in [0.4, 0.5) is 0 Å². The summed E-state index contributed by atoms with van der Waals surface area (Å²) in [4.78, 5) is 12.0. The molecule has 110 valence electrons. The Balaban J connectivity index is 2.17. The van der Waals surface area contributed by atoms with Crippen molar-refractivity contribution in [2.75, 3.05) is 6.54 Å². The number of carbonyl (C=O) groups is 1. The van der Waals surface area contributed by atoms with Gasteiger partial charge in [0.2, 0.25) is 0 Å². The van der Waals surface area contributed by atoms with Crippen molar-refractivity contribution in [3.63, 3.8) is 0 Å². The molecule has 0 heterocycles. The minimum Gasteiger partial charge on any atom is -0.352 e. The summed E-state index contributed by atoms with van der Waals surface area (Å²) in [5, 5.41) is 2.84. The Morgan fingerprint density at radius 2 is 2.10 bits per heavy atom. The summed E-state index contributed by atoms with van der Waals surface area (Å²) in [6.45, 7) is 2.49. The van der Waals surface area contributed by atoms with Crippen molar-refractivity contribution >= 4 is 25.6 Å². The minimum absolute atomic E-state index is 0.0259. The third-order valence-electron chi connectivity index (χ3n) is 3.75. The molecule has 20 heavy (non-hydrogen) atoms. The Kier molecular flexibility index (Phi) is 4.70. The zero-order valence-corrected chi connectivity index (χ0v) is 12.9. The predicted molar refractivity (Wildman–Crippen MR) is 78.5 cm³/mol. The summed E-state index contributed by atoms with van der Waals surface area (Å²) >= 11 is 0. The summed E-state index contributed by atoms with van der Waals surface area (Å²) < 4.78 is 23.1. The molecule has 0 aliphatic heterocycles. The highest BCUT2D eigenvalue weighted by atomic mass is 35.7. The molecular formula is C14H18ClNO3S. The fourth-order valence-corrected chi connectivity index (χ4v) is 3.48. The van der Waals surface area contributed by atoms with Gasteiger partial charge in [0.1, 0.15) is 0 Å². The SMILES string of the molecule is CCc1ccc(C(=O)NCC2CCC2)cc1S(=O)(=O)Cl. The maximum Gasteiger partial charge on any atom is 0.261 e. The molecule has 1 aliphatic rings. The number of benzene rings is 1. The van der Waals surface area contributed by atoms with Gasteiger partial charge in [-0.05, 0) is 42.9 Å². The molecule has 1 aromatic rings. The highest BCUT2D eigenvalue weighted by molar-refractivity contribution is 8.13. The van der Waals surface area contributed by atoms with Crippen molar-refractivity contribution in [2.45, 2.75) is 37.5 Å². The second-order valence-electron chi connectivity index (χ2n) is 5.12. The summed E-state index contributed by atoms with van der Waals surface area (Å²) in [5.74, 6) is 0.311. The molecule has 0 bridgehead atoms. The van der Waals surface area contributed by atoms with Crippen LogP contribution in [0.25, 0.3) is 0 Å². The van der Waals surface area contributed by atoms with Crippen LogP contribution in [0, 0.1) is 5.92 Å². The number of aryl methyl sites for hydroxylation is 1. The van der Waals surface area contributed by atoms with E-state index in [1.807, 2.05) is 6.92 Å². The molecule has 0 saturated heterocycles. The van der Waals surface area contributed by atoms with Crippen molar-refractivity contribution in [3.8, 4) is 0 Å². The molecule has 0 atom stereocenters. The van der Waals surface area contributed by atoms with E-state index in [1.165, 1.54) is 12.5 Å². The van der Waals surface area contributed by atoms with Crippen molar-refractivity contribution in [1.29, 1.82) is 0 Å². The third-order valence-corrected chi connectivity index (χ3v) is 5.15. The number of halogens is 1. The molecule has 1 saturated carbocycles. The van der Waals surface area contributed by atoms with Gasteiger partial charge in [-0.3, -0.25) is 4.79 Å². The molecule has 0 unspecified atom stereocenters. The van der Waals surface area contributed by atoms with Crippen LogP contribution in [0.5, 0.6) is 0 Å². The van der Waals surface area contributed by atoms with Gasteiger partial charge < -0.3 is 5.32 Å².